The maximum atomic E-state index is 12.7. The smallest absolute Gasteiger partial charge is 0.430 e. The van der Waals surface area contributed by atoms with Crippen molar-refractivity contribution >= 4 is 52.5 Å². The van der Waals surface area contributed by atoms with Crippen LogP contribution >= 0.6 is 12.6 Å². The third-order valence-electron chi connectivity index (χ3n) is 4.70. The predicted molar refractivity (Wildman–Crippen MR) is 127 cm³/mol. The normalized spacial score (nSPS) is 14.3. The molecule has 0 radical (unpaired) electrons. The van der Waals surface area contributed by atoms with Gasteiger partial charge in [0.05, 0.1) is 12.2 Å². The fourth-order valence-electron chi connectivity index (χ4n) is 2.65. The molecule has 0 aliphatic carbocycles. The maximum Gasteiger partial charge on any atom is 0.430 e. The number of carboxylic acid groups (broad SMARTS) is 3. The Morgan fingerprint density at radius 2 is 1.48 bits per heavy atom. The van der Waals surface area contributed by atoms with Gasteiger partial charge in [-0.3, -0.25) is 18.9 Å². The van der Waals surface area contributed by atoms with E-state index in [1.165, 1.54) is 24.3 Å². The molecule has 0 heterocycles. The first-order valence-corrected chi connectivity index (χ1v) is 12.8. The summed E-state index contributed by atoms with van der Waals surface area (Å²) in [6.45, 7) is 0. The van der Waals surface area contributed by atoms with E-state index in [-0.39, 0.29) is 18.6 Å². The zero-order valence-electron chi connectivity index (χ0n) is 20.2. The first-order chi connectivity index (χ1) is 18.1. The van der Waals surface area contributed by atoms with Gasteiger partial charge in [-0.15, -0.1) is 0 Å². The third-order valence-corrected chi connectivity index (χ3v) is 6.10. The van der Waals surface area contributed by atoms with E-state index < -0.39 is 81.6 Å². The molecule has 0 aliphatic rings. The van der Waals surface area contributed by atoms with Gasteiger partial charge in [0, 0.05) is 12.8 Å². The molecule has 1 rings (SSSR count). The number of thiol groups is 1. The molecule has 0 aliphatic heterocycles. The lowest BCUT2D eigenvalue weighted by molar-refractivity contribution is -0.416. The molecule has 4 atom stereocenters. The van der Waals surface area contributed by atoms with E-state index in [0.29, 0.717) is 5.56 Å². The van der Waals surface area contributed by atoms with Crippen molar-refractivity contribution in [3.8, 4) is 5.75 Å². The number of hydrogen-bond donors (Lipinski definition) is 8. The molecule has 0 aromatic heterocycles. The van der Waals surface area contributed by atoms with Gasteiger partial charge < -0.3 is 41.6 Å². The number of amides is 2. The van der Waals surface area contributed by atoms with Crippen LogP contribution < -0.4 is 21.5 Å². The van der Waals surface area contributed by atoms with E-state index in [2.05, 4.69) is 29.0 Å². The number of carboxylic acids is 3. The van der Waals surface area contributed by atoms with Crippen LogP contribution in [0.2, 0.25) is 0 Å². The zero-order valence-corrected chi connectivity index (χ0v) is 21.9. The minimum atomic E-state index is -5.19. The summed E-state index contributed by atoms with van der Waals surface area (Å²) in [4.78, 5) is 56.2. The van der Waals surface area contributed by atoms with Crippen LogP contribution in [0.3, 0.4) is 0 Å². The van der Waals surface area contributed by atoms with Gasteiger partial charge in [-0.2, -0.15) is 34.2 Å². The van der Waals surface area contributed by atoms with E-state index in [4.69, 9.17) is 24.7 Å². The van der Waals surface area contributed by atoms with E-state index in [0.717, 1.165) is 0 Å². The number of quaternary nitrogens is 1. The SMILES string of the molecule is O=C([O-])C(F)(F)F.[NH3+][C@H](CCS(=O)(=O)O)[C@H](S)C(=O)N[C@@H](Cc1ccc(O)cc1)C(=O)N[C@@H](CC(=O)O)C(=O)O. The van der Waals surface area contributed by atoms with Crippen molar-refractivity contribution in [1.29, 1.82) is 0 Å². The first kappa shape index (κ1) is 36.4. The lowest BCUT2D eigenvalue weighted by Gasteiger charge is -2.23. The Hall–Kier alpha value is -3.62. The molecule has 0 bridgehead atoms. The minimum Gasteiger partial charge on any atom is -0.542 e. The maximum absolute atomic E-state index is 12.7. The standard InChI is InChI=1S/C18H25N3O10S2.C2HF3O2/c19-11(5-6-33(29,30)31)15(32)17(26)20-12(7-9-1-3-10(22)4-2-9)16(25)21-13(18(27)28)8-14(23)24;3-2(4,5)1(6)7/h1-4,11-13,15,22,32H,5-8,19H2,(H,20,26)(H,21,25)(H,23,24)(H,27,28)(H,29,30,31);(H,6,7)/t11-,12+,13+,15+;/m1./s1. The largest absolute Gasteiger partial charge is 0.542 e. The molecule has 0 spiro atoms. The Balaban J connectivity index is 0.00000191. The summed E-state index contributed by atoms with van der Waals surface area (Å²) in [6.07, 6.45) is -6.44. The summed E-state index contributed by atoms with van der Waals surface area (Å²) in [7, 11) is -4.28. The molecule has 0 fully saturated rings. The Morgan fingerprint density at radius 1 is 1.00 bits per heavy atom. The number of phenolic OH excluding ortho intramolecular Hbond substituents is 1. The first-order valence-electron chi connectivity index (χ1n) is 10.7. The highest BCUT2D eigenvalue weighted by Gasteiger charge is 2.32. The second-order valence-electron chi connectivity index (χ2n) is 7.99. The Kier molecular flexibility index (Phi) is 14.4. The van der Waals surface area contributed by atoms with Crippen LogP contribution in [-0.2, 0) is 40.5 Å². The molecule has 1 aromatic rings. The number of carbonyl (C=O) groups excluding carboxylic acids is 3. The van der Waals surface area contributed by atoms with Crippen molar-refractivity contribution in [2.75, 3.05) is 5.75 Å². The molecule has 1 aromatic carbocycles. The fourth-order valence-corrected chi connectivity index (χ4v) is 3.48. The van der Waals surface area contributed by atoms with E-state index in [1.54, 1.807) is 0 Å². The lowest BCUT2D eigenvalue weighted by Crippen LogP contribution is -2.68. The van der Waals surface area contributed by atoms with E-state index in [9.17, 15) is 45.9 Å². The molecule has 40 heavy (non-hydrogen) atoms. The van der Waals surface area contributed by atoms with E-state index in [1.807, 2.05) is 0 Å². The molecule has 0 saturated heterocycles. The number of hydrogen-bond acceptors (Lipinski definition) is 10. The number of nitrogens with one attached hydrogen (secondary N) is 2. The van der Waals surface area contributed by atoms with Gasteiger partial charge in [-0.05, 0) is 17.7 Å². The van der Waals surface area contributed by atoms with Crippen molar-refractivity contribution < 1.29 is 76.3 Å². The molecule has 20 heteroatoms. The minimum absolute atomic E-state index is 0.0506. The Morgan fingerprint density at radius 3 is 1.88 bits per heavy atom. The summed E-state index contributed by atoms with van der Waals surface area (Å²) >= 11 is 4.09. The fraction of sp³-hybridized carbons (Fsp3) is 0.450. The highest BCUT2D eigenvalue weighted by molar-refractivity contribution is 7.85. The van der Waals surface area contributed by atoms with Crippen LogP contribution in [0.25, 0.3) is 0 Å². The Labute approximate surface area is 229 Å². The monoisotopic (exact) mass is 621 g/mol. The molecule has 2 amide bonds. The summed E-state index contributed by atoms with van der Waals surface area (Å²) in [5, 5.41) is 39.4. The van der Waals surface area contributed by atoms with Crippen molar-refractivity contribution in [3.63, 3.8) is 0 Å². The number of carbonyl (C=O) groups is 5. The number of rotatable bonds is 13. The summed E-state index contributed by atoms with van der Waals surface area (Å²) < 4.78 is 62.2. The topological polar surface area (TPSA) is 275 Å². The number of benzene rings is 1. The number of aliphatic carboxylic acids is 3. The molecule has 15 nitrogen and oxygen atoms in total. The van der Waals surface area contributed by atoms with Gasteiger partial charge in [0.25, 0.3) is 10.1 Å². The molecular weight excluding hydrogens is 595 g/mol. The molecule has 226 valence electrons. The van der Waals surface area contributed by atoms with Crippen LogP contribution in [0, 0.1) is 0 Å². The molecule has 9 N–H and O–H groups in total. The molecule has 0 unspecified atom stereocenters. The summed E-state index contributed by atoms with van der Waals surface area (Å²) in [5.41, 5.74) is 4.11. The number of aromatic hydroxyl groups is 1. The van der Waals surface area contributed by atoms with Crippen LogP contribution in [-0.4, -0.2) is 93.3 Å². The van der Waals surface area contributed by atoms with Gasteiger partial charge in [0.15, 0.2) is 0 Å². The van der Waals surface area contributed by atoms with Crippen LogP contribution in [0.5, 0.6) is 5.75 Å². The quantitative estimate of drug-likeness (QED) is 0.0806. The van der Waals surface area contributed by atoms with Gasteiger partial charge in [-0.25, -0.2) is 4.79 Å². The van der Waals surface area contributed by atoms with Crippen LogP contribution in [0.15, 0.2) is 24.3 Å². The van der Waals surface area contributed by atoms with Gasteiger partial charge in [-0.1, -0.05) is 12.1 Å². The van der Waals surface area contributed by atoms with Crippen molar-refractivity contribution in [2.24, 2.45) is 0 Å². The Bertz CT molecular complexity index is 1160. The number of phenols is 1. The van der Waals surface area contributed by atoms with Gasteiger partial charge in [0.1, 0.15) is 35.1 Å². The van der Waals surface area contributed by atoms with E-state index >= 15 is 0 Å². The third kappa shape index (κ3) is 15.1. The van der Waals surface area contributed by atoms with Gasteiger partial charge >= 0.3 is 18.1 Å². The average Bonchev–Trinajstić information content (AvgIpc) is 2.81. The van der Waals surface area contributed by atoms with Crippen LogP contribution in [0.1, 0.15) is 18.4 Å². The average molecular weight is 622 g/mol. The second-order valence-corrected chi connectivity index (χ2v) is 10.1. The molecular formula is C20H26F3N3O12S2. The highest BCUT2D eigenvalue weighted by Crippen LogP contribution is 2.13. The van der Waals surface area contributed by atoms with Crippen molar-refractivity contribution in [3.05, 3.63) is 29.8 Å². The van der Waals surface area contributed by atoms with Crippen molar-refractivity contribution in [2.45, 2.75) is 48.8 Å². The summed E-state index contributed by atoms with van der Waals surface area (Å²) in [6, 6.07) is 1.60. The second kappa shape index (κ2) is 15.8. The zero-order chi connectivity index (χ0) is 31.4. The van der Waals surface area contributed by atoms with Crippen molar-refractivity contribution in [1.82, 2.24) is 10.6 Å². The highest BCUT2D eigenvalue weighted by atomic mass is 32.2. The number of halogens is 3. The lowest BCUT2D eigenvalue weighted by atomic mass is 10.0. The van der Waals surface area contributed by atoms with Gasteiger partial charge in [0.2, 0.25) is 11.8 Å². The van der Waals surface area contributed by atoms with Crippen LogP contribution in [0.4, 0.5) is 13.2 Å². The number of alkyl halides is 3. The molecule has 0 saturated carbocycles. The predicted octanol–water partition coefficient (Wildman–Crippen LogP) is -3.05. The summed E-state index contributed by atoms with van der Waals surface area (Å²) in [5.74, 6) is -8.57.